The molecular weight excluding hydrogens is 238 g/mol. The van der Waals surface area contributed by atoms with E-state index >= 15 is 0 Å². The third-order valence-electron chi connectivity index (χ3n) is 2.20. The summed E-state index contributed by atoms with van der Waals surface area (Å²) in [6.45, 7) is 0.239. The Morgan fingerprint density at radius 2 is 2.28 bits per heavy atom. The summed E-state index contributed by atoms with van der Waals surface area (Å²) in [5.74, 6) is -1.13. The molecule has 7 heteroatoms. The van der Waals surface area contributed by atoms with Gasteiger partial charge in [-0.15, -0.1) is 0 Å². The number of hydrogen-bond donors (Lipinski definition) is 3. The van der Waals surface area contributed by atoms with Gasteiger partial charge in [-0.1, -0.05) is 6.07 Å². The minimum absolute atomic E-state index is 0.239. The molecule has 7 nitrogen and oxygen atoms in total. The predicted molar refractivity (Wildman–Crippen MR) is 62.9 cm³/mol. The lowest BCUT2D eigenvalue weighted by atomic mass is 10.2. The van der Waals surface area contributed by atoms with Crippen LogP contribution in [0.15, 0.2) is 18.3 Å². The number of nitrogens with zero attached hydrogens (tertiary/aromatic N) is 1. The maximum Gasteiger partial charge on any atom is 0.305 e. The van der Waals surface area contributed by atoms with E-state index in [1.807, 2.05) is 0 Å². The van der Waals surface area contributed by atoms with Crippen LogP contribution in [-0.2, 0) is 16.1 Å². The summed E-state index contributed by atoms with van der Waals surface area (Å²) in [5, 5.41) is 11.0. The minimum Gasteiger partial charge on any atom is -0.481 e. The number of nitrogens with two attached hydrogens (primary N) is 1. The van der Waals surface area contributed by atoms with E-state index in [0.29, 0.717) is 5.88 Å². The van der Waals surface area contributed by atoms with Crippen LogP contribution >= 0.6 is 0 Å². The SMILES string of the molecule is COc1ccc(CNC(=O)C(N)CC(=O)O)cn1. The van der Waals surface area contributed by atoms with E-state index in [4.69, 9.17) is 15.6 Å². The molecular formula is C11H15N3O4. The van der Waals surface area contributed by atoms with Crippen molar-refractivity contribution in [1.82, 2.24) is 10.3 Å². The zero-order valence-electron chi connectivity index (χ0n) is 9.92. The topological polar surface area (TPSA) is 115 Å². The largest absolute Gasteiger partial charge is 0.481 e. The van der Waals surface area contributed by atoms with Gasteiger partial charge in [-0.2, -0.15) is 0 Å². The van der Waals surface area contributed by atoms with Crippen molar-refractivity contribution in [3.8, 4) is 5.88 Å². The highest BCUT2D eigenvalue weighted by Gasteiger charge is 2.16. The van der Waals surface area contributed by atoms with Crippen LogP contribution in [-0.4, -0.2) is 35.1 Å². The van der Waals surface area contributed by atoms with E-state index in [1.54, 1.807) is 18.3 Å². The monoisotopic (exact) mass is 253 g/mol. The summed E-state index contributed by atoms with van der Waals surface area (Å²) in [6.07, 6.45) is 1.16. The number of carboxylic acids is 1. The van der Waals surface area contributed by atoms with E-state index in [-0.39, 0.29) is 6.54 Å². The lowest BCUT2D eigenvalue weighted by Gasteiger charge is -2.10. The van der Waals surface area contributed by atoms with Crippen molar-refractivity contribution >= 4 is 11.9 Å². The van der Waals surface area contributed by atoms with Crippen LogP contribution in [0, 0.1) is 0 Å². The van der Waals surface area contributed by atoms with E-state index in [1.165, 1.54) is 7.11 Å². The summed E-state index contributed by atoms with van der Waals surface area (Å²) in [7, 11) is 1.51. The molecule has 1 unspecified atom stereocenters. The normalized spacial score (nSPS) is 11.7. The smallest absolute Gasteiger partial charge is 0.305 e. The Labute approximate surface area is 104 Å². The van der Waals surface area contributed by atoms with E-state index in [9.17, 15) is 9.59 Å². The van der Waals surface area contributed by atoms with Gasteiger partial charge in [0.2, 0.25) is 11.8 Å². The van der Waals surface area contributed by atoms with Crippen LogP contribution in [0.1, 0.15) is 12.0 Å². The zero-order valence-corrected chi connectivity index (χ0v) is 9.92. The highest BCUT2D eigenvalue weighted by atomic mass is 16.5. The third-order valence-corrected chi connectivity index (χ3v) is 2.20. The molecule has 0 bridgehead atoms. The highest BCUT2D eigenvalue weighted by molar-refractivity contribution is 5.85. The molecule has 1 heterocycles. The molecule has 0 fully saturated rings. The number of rotatable bonds is 6. The first kappa shape index (κ1) is 13.9. The van der Waals surface area contributed by atoms with Gasteiger partial charge >= 0.3 is 5.97 Å². The number of amides is 1. The van der Waals surface area contributed by atoms with Gasteiger partial charge in [0, 0.05) is 18.8 Å². The molecule has 1 rings (SSSR count). The summed E-state index contributed by atoms with van der Waals surface area (Å²) in [4.78, 5) is 25.8. The molecule has 0 aliphatic rings. The summed E-state index contributed by atoms with van der Waals surface area (Å²) in [6, 6.07) is 2.36. The highest BCUT2D eigenvalue weighted by Crippen LogP contribution is 2.06. The average Bonchev–Trinajstić information content (AvgIpc) is 2.35. The summed E-state index contributed by atoms with van der Waals surface area (Å²) in [5.41, 5.74) is 6.17. The van der Waals surface area contributed by atoms with Crippen LogP contribution in [0.3, 0.4) is 0 Å². The van der Waals surface area contributed by atoms with E-state index in [2.05, 4.69) is 10.3 Å². The quantitative estimate of drug-likeness (QED) is 0.630. The first-order chi connectivity index (χ1) is 8.52. The Balaban J connectivity index is 2.44. The fraction of sp³-hybridized carbons (Fsp3) is 0.364. The number of pyridine rings is 1. The molecule has 0 aromatic carbocycles. The molecule has 0 aliphatic heterocycles. The Morgan fingerprint density at radius 3 is 2.78 bits per heavy atom. The van der Waals surface area contributed by atoms with Gasteiger partial charge in [0.25, 0.3) is 0 Å². The number of nitrogens with one attached hydrogen (secondary N) is 1. The molecule has 98 valence electrons. The molecule has 4 N–H and O–H groups in total. The van der Waals surface area contributed by atoms with Gasteiger partial charge in [-0.3, -0.25) is 9.59 Å². The Kier molecular flexibility index (Phi) is 5.06. The second kappa shape index (κ2) is 6.55. The molecule has 0 radical (unpaired) electrons. The second-order valence-corrected chi connectivity index (χ2v) is 3.63. The lowest BCUT2D eigenvalue weighted by Crippen LogP contribution is -2.41. The molecule has 1 atom stereocenters. The second-order valence-electron chi connectivity index (χ2n) is 3.63. The van der Waals surface area contributed by atoms with Crippen molar-refractivity contribution in [3.63, 3.8) is 0 Å². The number of carbonyl (C=O) groups excluding carboxylic acids is 1. The van der Waals surface area contributed by atoms with Crippen molar-refractivity contribution in [2.75, 3.05) is 7.11 Å². The fourth-order valence-corrected chi connectivity index (χ4v) is 1.24. The third kappa shape index (κ3) is 4.38. The van der Waals surface area contributed by atoms with Gasteiger partial charge in [-0.25, -0.2) is 4.98 Å². The van der Waals surface area contributed by atoms with Crippen molar-refractivity contribution in [1.29, 1.82) is 0 Å². The first-order valence-corrected chi connectivity index (χ1v) is 5.27. The van der Waals surface area contributed by atoms with E-state index < -0.39 is 24.3 Å². The number of aliphatic carboxylic acids is 1. The van der Waals surface area contributed by atoms with Gasteiger partial charge in [0.15, 0.2) is 0 Å². The van der Waals surface area contributed by atoms with Crippen LogP contribution < -0.4 is 15.8 Å². The van der Waals surface area contributed by atoms with Gasteiger partial charge in [-0.05, 0) is 5.56 Å². The first-order valence-electron chi connectivity index (χ1n) is 5.27. The number of carbonyl (C=O) groups is 2. The average molecular weight is 253 g/mol. The zero-order chi connectivity index (χ0) is 13.5. The standard InChI is InChI=1S/C11H15N3O4/c1-18-9-3-2-7(5-13-9)6-14-11(17)8(12)4-10(15)16/h2-3,5,8H,4,6,12H2,1H3,(H,14,17)(H,15,16). The molecule has 18 heavy (non-hydrogen) atoms. The maximum atomic E-state index is 11.4. The fourth-order valence-electron chi connectivity index (χ4n) is 1.24. The molecule has 0 saturated carbocycles. The van der Waals surface area contributed by atoms with Crippen molar-refractivity contribution in [2.45, 2.75) is 19.0 Å². The Morgan fingerprint density at radius 1 is 1.56 bits per heavy atom. The summed E-state index contributed by atoms with van der Waals surface area (Å²) >= 11 is 0. The van der Waals surface area contributed by atoms with Gasteiger partial charge in [0.05, 0.1) is 19.6 Å². The number of methoxy groups -OCH3 is 1. The van der Waals surface area contributed by atoms with Crippen LogP contribution in [0.25, 0.3) is 0 Å². The number of carboxylic acid groups (broad SMARTS) is 1. The summed E-state index contributed by atoms with van der Waals surface area (Å²) < 4.78 is 4.89. The van der Waals surface area contributed by atoms with Crippen molar-refractivity contribution in [2.24, 2.45) is 5.73 Å². The Bertz CT molecular complexity index is 419. The molecule has 1 aromatic rings. The minimum atomic E-state index is -1.11. The molecule has 1 aromatic heterocycles. The van der Waals surface area contributed by atoms with Crippen LogP contribution in [0.5, 0.6) is 5.88 Å². The van der Waals surface area contributed by atoms with Gasteiger partial charge in [0.1, 0.15) is 0 Å². The number of ether oxygens (including phenoxy) is 1. The number of hydrogen-bond acceptors (Lipinski definition) is 5. The van der Waals surface area contributed by atoms with Gasteiger partial charge < -0.3 is 20.9 Å². The van der Waals surface area contributed by atoms with E-state index in [0.717, 1.165) is 5.56 Å². The van der Waals surface area contributed by atoms with Crippen molar-refractivity contribution in [3.05, 3.63) is 23.9 Å². The Hall–Kier alpha value is -2.15. The molecule has 0 spiro atoms. The molecule has 0 aliphatic carbocycles. The molecule has 0 saturated heterocycles. The van der Waals surface area contributed by atoms with Crippen LogP contribution in [0.2, 0.25) is 0 Å². The van der Waals surface area contributed by atoms with Crippen molar-refractivity contribution < 1.29 is 19.4 Å². The maximum absolute atomic E-state index is 11.4. The van der Waals surface area contributed by atoms with Crippen LogP contribution in [0.4, 0.5) is 0 Å². The predicted octanol–water partition coefficient (Wildman–Crippen LogP) is -0.492. The number of aromatic nitrogens is 1. The molecule has 1 amide bonds. The lowest BCUT2D eigenvalue weighted by molar-refractivity contribution is -0.139.